The SMILES string of the molecule is CC(C)CCCOc1ccc(-c2cnc(-c3ccc(C[C@H](NC(=O)OCc4ccccc4)C(=O)O)cc3)nc2)cc1. The number of rotatable bonds is 13. The van der Waals surface area contributed by atoms with Gasteiger partial charge in [-0.25, -0.2) is 19.6 Å². The van der Waals surface area contributed by atoms with Gasteiger partial charge in [-0.1, -0.05) is 80.6 Å². The number of nitrogens with zero attached hydrogens (tertiary/aromatic N) is 2. The van der Waals surface area contributed by atoms with Gasteiger partial charge >= 0.3 is 12.1 Å². The summed E-state index contributed by atoms with van der Waals surface area (Å²) in [6.45, 7) is 5.19. The maximum absolute atomic E-state index is 12.2. The van der Waals surface area contributed by atoms with Crippen LogP contribution in [-0.2, 0) is 22.6 Å². The highest BCUT2D eigenvalue weighted by Gasteiger charge is 2.21. The molecule has 8 nitrogen and oxygen atoms in total. The lowest BCUT2D eigenvalue weighted by Gasteiger charge is -2.15. The van der Waals surface area contributed by atoms with Crippen LogP contribution >= 0.6 is 0 Å². The van der Waals surface area contributed by atoms with E-state index in [9.17, 15) is 14.7 Å². The van der Waals surface area contributed by atoms with E-state index in [0.29, 0.717) is 18.3 Å². The molecular formula is C33H35N3O5. The van der Waals surface area contributed by atoms with E-state index < -0.39 is 18.1 Å². The minimum atomic E-state index is -1.14. The first kappa shape index (κ1) is 29.3. The minimum Gasteiger partial charge on any atom is -0.494 e. The van der Waals surface area contributed by atoms with E-state index in [1.165, 1.54) is 0 Å². The number of nitrogens with one attached hydrogen (secondary N) is 1. The van der Waals surface area contributed by atoms with Gasteiger partial charge in [-0.05, 0) is 47.6 Å². The molecule has 0 fully saturated rings. The van der Waals surface area contributed by atoms with Gasteiger partial charge in [-0.3, -0.25) is 0 Å². The Morgan fingerprint density at radius 2 is 1.49 bits per heavy atom. The highest BCUT2D eigenvalue weighted by atomic mass is 16.5. The fourth-order valence-electron chi connectivity index (χ4n) is 4.18. The number of ether oxygens (including phenoxy) is 2. The van der Waals surface area contributed by atoms with Crippen LogP contribution in [0.5, 0.6) is 5.75 Å². The van der Waals surface area contributed by atoms with Crippen LogP contribution in [0.1, 0.15) is 37.8 Å². The quantitative estimate of drug-likeness (QED) is 0.181. The number of amides is 1. The molecule has 41 heavy (non-hydrogen) atoms. The van der Waals surface area contributed by atoms with Crippen LogP contribution in [0.15, 0.2) is 91.3 Å². The molecule has 0 radical (unpaired) electrons. The molecule has 0 aliphatic heterocycles. The fourth-order valence-corrected chi connectivity index (χ4v) is 4.18. The average Bonchev–Trinajstić information content (AvgIpc) is 2.99. The van der Waals surface area contributed by atoms with Gasteiger partial charge in [0.1, 0.15) is 18.4 Å². The number of hydrogen-bond donors (Lipinski definition) is 2. The van der Waals surface area contributed by atoms with E-state index >= 15 is 0 Å². The third kappa shape index (κ3) is 9.17. The van der Waals surface area contributed by atoms with Crippen LogP contribution in [0, 0.1) is 5.92 Å². The lowest BCUT2D eigenvalue weighted by atomic mass is 10.0. The first-order valence-electron chi connectivity index (χ1n) is 13.7. The van der Waals surface area contributed by atoms with Gasteiger partial charge in [0.15, 0.2) is 5.82 Å². The lowest BCUT2D eigenvalue weighted by Crippen LogP contribution is -2.42. The molecule has 0 unspecified atom stereocenters. The Hall–Kier alpha value is -4.72. The Bertz CT molecular complexity index is 1390. The van der Waals surface area contributed by atoms with Crippen molar-refractivity contribution in [3.8, 4) is 28.3 Å². The van der Waals surface area contributed by atoms with Gasteiger partial charge in [0, 0.05) is 29.9 Å². The van der Waals surface area contributed by atoms with Gasteiger partial charge in [0.25, 0.3) is 0 Å². The number of hydrogen-bond acceptors (Lipinski definition) is 6. The van der Waals surface area contributed by atoms with E-state index in [-0.39, 0.29) is 13.0 Å². The first-order chi connectivity index (χ1) is 19.9. The van der Waals surface area contributed by atoms with Crippen molar-refractivity contribution in [1.29, 1.82) is 0 Å². The van der Waals surface area contributed by atoms with Crippen molar-refractivity contribution < 1.29 is 24.2 Å². The van der Waals surface area contributed by atoms with Crippen LogP contribution in [0.3, 0.4) is 0 Å². The molecule has 3 aromatic carbocycles. The van der Waals surface area contributed by atoms with Crippen LogP contribution in [0.4, 0.5) is 4.79 Å². The molecule has 2 N–H and O–H groups in total. The molecular weight excluding hydrogens is 518 g/mol. The van der Waals surface area contributed by atoms with Gasteiger partial charge in [0.2, 0.25) is 0 Å². The van der Waals surface area contributed by atoms with E-state index in [1.54, 1.807) is 24.5 Å². The number of carboxylic acid groups (broad SMARTS) is 1. The molecule has 0 bridgehead atoms. The Labute approximate surface area is 240 Å². The molecule has 0 saturated heterocycles. The number of aliphatic carboxylic acids is 1. The summed E-state index contributed by atoms with van der Waals surface area (Å²) in [5, 5.41) is 12.0. The summed E-state index contributed by atoms with van der Waals surface area (Å²) in [5.74, 6) is 0.939. The second-order valence-electron chi connectivity index (χ2n) is 10.2. The summed E-state index contributed by atoms with van der Waals surface area (Å²) in [4.78, 5) is 33.0. The molecule has 212 valence electrons. The zero-order valence-corrected chi connectivity index (χ0v) is 23.3. The topological polar surface area (TPSA) is 111 Å². The number of carboxylic acids is 1. The summed E-state index contributed by atoms with van der Waals surface area (Å²) in [5.41, 5.74) is 4.25. The Morgan fingerprint density at radius 3 is 2.12 bits per heavy atom. The Balaban J connectivity index is 1.30. The second-order valence-corrected chi connectivity index (χ2v) is 10.2. The zero-order valence-electron chi connectivity index (χ0n) is 23.3. The van der Waals surface area contributed by atoms with E-state index in [4.69, 9.17) is 9.47 Å². The van der Waals surface area contributed by atoms with Crippen LogP contribution in [-0.4, -0.2) is 39.8 Å². The minimum absolute atomic E-state index is 0.0603. The van der Waals surface area contributed by atoms with Crippen LogP contribution in [0.25, 0.3) is 22.5 Å². The molecule has 0 aliphatic carbocycles. The Morgan fingerprint density at radius 1 is 0.829 bits per heavy atom. The summed E-state index contributed by atoms with van der Waals surface area (Å²) in [7, 11) is 0. The highest BCUT2D eigenvalue weighted by Crippen LogP contribution is 2.23. The monoisotopic (exact) mass is 553 g/mol. The summed E-state index contributed by atoms with van der Waals surface area (Å²) < 4.78 is 11.0. The standard InChI is InChI=1S/C33H35N3O5/c1-23(2)7-6-18-40-29-16-14-26(15-17-29)28-20-34-31(35-21-28)27-12-10-24(11-13-27)19-30(32(37)38)36-33(39)41-22-25-8-4-3-5-9-25/h3-5,8-17,20-21,23,30H,6-7,18-19,22H2,1-2H3,(H,36,39)(H,37,38)/t30-/m0/s1. The molecule has 1 heterocycles. The predicted molar refractivity (Wildman–Crippen MR) is 157 cm³/mol. The van der Waals surface area contributed by atoms with Crippen LogP contribution < -0.4 is 10.1 Å². The number of carbonyl (C=O) groups excluding carboxylic acids is 1. The summed E-state index contributed by atoms with van der Waals surface area (Å²) >= 11 is 0. The van der Waals surface area contributed by atoms with E-state index in [2.05, 4.69) is 29.1 Å². The van der Waals surface area contributed by atoms with Crippen molar-refractivity contribution in [1.82, 2.24) is 15.3 Å². The van der Waals surface area contributed by atoms with Gasteiger partial charge in [-0.15, -0.1) is 0 Å². The fraction of sp³-hybridized carbons (Fsp3) is 0.273. The smallest absolute Gasteiger partial charge is 0.408 e. The summed E-state index contributed by atoms with van der Waals surface area (Å²) in [6.07, 6.45) is 5.07. The maximum Gasteiger partial charge on any atom is 0.408 e. The van der Waals surface area contributed by atoms with Crippen LogP contribution in [0.2, 0.25) is 0 Å². The maximum atomic E-state index is 12.2. The average molecular weight is 554 g/mol. The molecule has 8 heteroatoms. The molecule has 4 aromatic rings. The number of benzene rings is 3. The first-order valence-corrected chi connectivity index (χ1v) is 13.7. The van der Waals surface area contributed by atoms with Crippen molar-refractivity contribution in [3.05, 3.63) is 102 Å². The van der Waals surface area contributed by atoms with Crippen molar-refractivity contribution in [2.75, 3.05) is 6.61 Å². The lowest BCUT2D eigenvalue weighted by molar-refractivity contribution is -0.139. The molecule has 1 amide bonds. The number of alkyl carbamates (subject to hydrolysis) is 1. The molecule has 0 aliphatic rings. The normalized spacial score (nSPS) is 11.6. The number of aromatic nitrogens is 2. The van der Waals surface area contributed by atoms with Crippen molar-refractivity contribution >= 4 is 12.1 Å². The van der Waals surface area contributed by atoms with E-state index in [0.717, 1.165) is 46.4 Å². The van der Waals surface area contributed by atoms with Crippen molar-refractivity contribution in [2.24, 2.45) is 5.92 Å². The largest absolute Gasteiger partial charge is 0.494 e. The third-order valence-corrected chi connectivity index (χ3v) is 6.49. The predicted octanol–water partition coefficient (Wildman–Crippen LogP) is 6.55. The summed E-state index contributed by atoms with van der Waals surface area (Å²) in [6, 6.07) is 23.2. The molecule has 1 atom stereocenters. The van der Waals surface area contributed by atoms with Gasteiger partial charge in [-0.2, -0.15) is 0 Å². The molecule has 1 aromatic heterocycles. The van der Waals surface area contributed by atoms with Gasteiger partial charge < -0.3 is 19.9 Å². The van der Waals surface area contributed by atoms with Crippen molar-refractivity contribution in [2.45, 2.75) is 45.8 Å². The third-order valence-electron chi connectivity index (χ3n) is 6.49. The highest BCUT2D eigenvalue weighted by molar-refractivity contribution is 5.80. The number of carbonyl (C=O) groups is 2. The van der Waals surface area contributed by atoms with Crippen molar-refractivity contribution in [3.63, 3.8) is 0 Å². The zero-order chi connectivity index (χ0) is 29.0. The molecule has 4 rings (SSSR count). The molecule has 0 saturated carbocycles. The molecule has 0 spiro atoms. The Kier molecular flexibility index (Phi) is 10.4. The van der Waals surface area contributed by atoms with Gasteiger partial charge in [0.05, 0.1) is 6.61 Å². The second kappa shape index (κ2) is 14.6. The van der Waals surface area contributed by atoms with E-state index in [1.807, 2.05) is 66.7 Å².